The Labute approximate surface area is 188 Å². The van der Waals surface area contributed by atoms with E-state index in [0.29, 0.717) is 16.6 Å². The molecule has 5 nitrogen and oxygen atoms in total. The number of amides is 1. The van der Waals surface area contributed by atoms with E-state index in [1.807, 2.05) is 71.6 Å². The molecule has 1 aliphatic heterocycles. The van der Waals surface area contributed by atoms with E-state index in [-0.39, 0.29) is 24.1 Å². The summed E-state index contributed by atoms with van der Waals surface area (Å²) in [5.41, 5.74) is 1.66. The van der Waals surface area contributed by atoms with Crippen LogP contribution in [0.25, 0.3) is 6.08 Å². The molecule has 6 heteroatoms. The standard InChI is InChI=1S/C25H27N3O2S/c1-18-9-5-7-13-21(18)28-24(29)23(31-25(28)27-20-11-3-2-4-12-20)17-19-10-6-8-14-22(19)30-16-15-26/h2-4,6,8,10-12,14,17-18,21,25,27H,5,7,9,13,16H2,1H3/b23-17-/t18-,21-,25?/m1/s1. The molecule has 160 valence electrons. The van der Waals surface area contributed by atoms with E-state index in [1.54, 1.807) is 11.8 Å². The van der Waals surface area contributed by atoms with Gasteiger partial charge in [0.15, 0.2) is 12.1 Å². The van der Waals surface area contributed by atoms with Crippen LogP contribution in [0.1, 0.15) is 38.2 Å². The predicted octanol–water partition coefficient (Wildman–Crippen LogP) is 5.48. The molecule has 1 heterocycles. The van der Waals surface area contributed by atoms with Crippen LogP contribution < -0.4 is 10.1 Å². The zero-order chi connectivity index (χ0) is 21.6. The Kier molecular flexibility index (Phi) is 6.83. The Morgan fingerprint density at radius 2 is 1.90 bits per heavy atom. The molecule has 3 atom stereocenters. The van der Waals surface area contributed by atoms with Gasteiger partial charge in [0, 0.05) is 17.3 Å². The molecule has 2 aliphatic rings. The Morgan fingerprint density at radius 1 is 1.16 bits per heavy atom. The van der Waals surface area contributed by atoms with Crippen molar-refractivity contribution >= 4 is 29.4 Å². The molecule has 0 aromatic heterocycles. The Balaban J connectivity index is 1.65. The summed E-state index contributed by atoms with van der Waals surface area (Å²) in [7, 11) is 0. The van der Waals surface area contributed by atoms with E-state index in [1.165, 1.54) is 6.42 Å². The molecule has 0 spiro atoms. The van der Waals surface area contributed by atoms with Gasteiger partial charge in [0.25, 0.3) is 5.91 Å². The minimum Gasteiger partial charge on any atom is -0.478 e. The number of nitrogens with zero attached hydrogens (tertiary/aromatic N) is 2. The van der Waals surface area contributed by atoms with E-state index >= 15 is 0 Å². The van der Waals surface area contributed by atoms with Crippen LogP contribution in [0.5, 0.6) is 5.75 Å². The van der Waals surface area contributed by atoms with Crippen molar-refractivity contribution in [2.24, 2.45) is 5.92 Å². The van der Waals surface area contributed by atoms with Crippen LogP contribution >= 0.6 is 11.8 Å². The highest BCUT2D eigenvalue weighted by Gasteiger charge is 2.42. The summed E-state index contributed by atoms with van der Waals surface area (Å²) in [6.07, 6.45) is 6.48. The van der Waals surface area contributed by atoms with E-state index in [0.717, 1.165) is 30.5 Å². The van der Waals surface area contributed by atoms with Gasteiger partial charge in [0.2, 0.25) is 0 Å². The van der Waals surface area contributed by atoms with Crippen LogP contribution in [0.15, 0.2) is 59.5 Å². The van der Waals surface area contributed by atoms with Crippen molar-refractivity contribution in [1.82, 2.24) is 4.90 Å². The molecule has 4 rings (SSSR count). The van der Waals surface area contributed by atoms with E-state index < -0.39 is 0 Å². The number of carbonyl (C=O) groups excluding carboxylic acids is 1. The fourth-order valence-corrected chi connectivity index (χ4v) is 5.55. The highest BCUT2D eigenvalue weighted by atomic mass is 32.2. The van der Waals surface area contributed by atoms with Crippen LogP contribution in [-0.4, -0.2) is 29.0 Å². The van der Waals surface area contributed by atoms with Crippen molar-refractivity contribution in [3.63, 3.8) is 0 Å². The highest BCUT2D eigenvalue weighted by molar-refractivity contribution is 8.05. The Morgan fingerprint density at radius 3 is 2.68 bits per heavy atom. The van der Waals surface area contributed by atoms with Crippen molar-refractivity contribution in [1.29, 1.82) is 5.26 Å². The normalized spacial score (nSPS) is 24.8. The number of para-hydroxylation sites is 2. The van der Waals surface area contributed by atoms with Crippen molar-refractivity contribution in [3.8, 4) is 11.8 Å². The second-order valence-electron chi connectivity index (χ2n) is 8.02. The first-order chi connectivity index (χ1) is 15.2. The molecule has 0 bridgehead atoms. The molecule has 31 heavy (non-hydrogen) atoms. The molecule has 1 unspecified atom stereocenters. The number of carbonyl (C=O) groups is 1. The number of hydrogen-bond acceptors (Lipinski definition) is 5. The second kappa shape index (κ2) is 9.93. The van der Waals surface area contributed by atoms with Gasteiger partial charge in [-0.15, -0.1) is 0 Å². The molecule has 2 aromatic rings. The highest BCUT2D eigenvalue weighted by Crippen LogP contribution is 2.42. The summed E-state index contributed by atoms with van der Waals surface area (Å²) in [6, 6.07) is 19.8. The summed E-state index contributed by atoms with van der Waals surface area (Å²) in [5, 5.41) is 12.4. The van der Waals surface area contributed by atoms with Crippen molar-refractivity contribution < 1.29 is 9.53 Å². The van der Waals surface area contributed by atoms with Crippen molar-refractivity contribution in [2.45, 2.75) is 44.1 Å². The largest absolute Gasteiger partial charge is 0.478 e. The molecule has 1 saturated carbocycles. The minimum absolute atomic E-state index is 0.0226. The topological polar surface area (TPSA) is 65.4 Å². The lowest BCUT2D eigenvalue weighted by Gasteiger charge is -2.39. The van der Waals surface area contributed by atoms with Crippen LogP contribution in [-0.2, 0) is 4.79 Å². The molecule has 1 aliphatic carbocycles. The number of rotatable bonds is 6. The predicted molar refractivity (Wildman–Crippen MR) is 125 cm³/mol. The summed E-state index contributed by atoms with van der Waals surface area (Å²) < 4.78 is 5.56. The molecular formula is C25H27N3O2S. The number of nitrogens with one attached hydrogen (secondary N) is 1. The number of thioether (sulfide) groups is 1. The van der Waals surface area contributed by atoms with Gasteiger partial charge >= 0.3 is 0 Å². The summed E-state index contributed by atoms with van der Waals surface area (Å²) >= 11 is 1.55. The average molecular weight is 434 g/mol. The second-order valence-corrected chi connectivity index (χ2v) is 9.14. The number of ether oxygens (including phenoxy) is 1. The first kappa shape index (κ1) is 21.3. The molecular weight excluding hydrogens is 406 g/mol. The van der Waals surface area contributed by atoms with Crippen LogP contribution in [0.3, 0.4) is 0 Å². The third-order valence-corrected chi connectivity index (χ3v) is 7.04. The lowest BCUT2D eigenvalue weighted by molar-refractivity contribution is -0.129. The minimum atomic E-state index is -0.154. The first-order valence-electron chi connectivity index (χ1n) is 10.8. The lowest BCUT2D eigenvalue weighted by Crippen LogP contribution is -2.48. The smallest absolute Gasteiger partial charge is 0.262 e. The Hall–Kier alpha value is -2.91. The fraction of sp³-hybridized carbons (Fsp3) is 0.360. The van der Waals surface area contributed by atoms with Gasteiger partial charge in [-0.1, -0.05) is 67.9 Å². The van der Waals surface area contributed by atoms with Crippen molar-refractivity contribution in [2.75, 3.05) is 11.9 Å². The summed E-state index contributed by atoms with van der Waals surface area (Å²) in [6.45, 7) is 2.24. The van der Waals surface area contributed by atoms with E-state index in [9.17, 15) is 4.79 Å². The van der Waals surface area contributed by atoms with Gasteiger partial charge in [-0.3, -0.25) is 4.79 Å². The quantitative estimate of drug-likeness (QED) is 0.611. The molecule has 1 N–H and O–H groups in total. The van der Waals surface area contributed by atoms with Crippen molar-refractivity contribution in [3.05, 3.63) is 65.1 Å². The molecule has 1 amide bonds. The van der Waals surface area contributed by atoms with E-state index in [4.69, 9.17) is 10.00 Å². The lowest BCUT2D eigenvalue weighted by atomic mass is 9.85. The van der Waals surface area contributed by atoms with Crippen LogP contribution in [0.4, 0.5) is 5.69 Å². The maximum atomic E-state index is 13.6. The molecule has 2 aromatic carbocycles. The average Bonchev–Trinajstić information content (AvgIpc) is 3.08. The first-order valence-corrected chi connectivity index (χ1v) is 11.7. The van der Waals surface area contributed by atoms with Gasteiger partial charge in [-0.05, 0) is 43.0 Å². The molecule has 2 fully saturated rings. The maximum absolute atomic E-state index is 13.6. The summed E-state index contributed by atoms with van der Waals surface area (Å²) in [4.78, 5) is 16.3. The number of hydrogen-bond donors (Lipinski definition) is 1. The maximum Gasteiger partial charge on any atom is 0.262 e. The van der Waals surface area contributed by atoms with Gasteiger partial charge in [0.05, 0.1) is 4.91 Å². The Bertz CT molecular complexity index is 986. The summed E-state index contributed by atoms with van der Waals surface area (Å²) in [5.74, 6) is 1.15. The molecule has 1 saturated heterocycles. The SMILES string of the molecule is C[C@@H]1CCCC[C@H]1N1C(=O)/C(=C/c2ccccc2OCC#N)SC1Nc1ccccc1. The molecule has 0 radical (unpaired) electrons. The van der Waals surface area contributed by atoms with Gasteiger partial charge in [0.1, 0.15) is 11.8 Å². The van der Waals surface area contributed by atoms with Crippen LogP contribution in [0, 0.1) is 17.2 Å². The number of anilines is 1. The fourth-order valence-electron chi connectivity index (χ4n) is 4.35. The number of benzene rings is 2. The zero-order valence-electron chi connectivity index (χ0n) is 17.7. The van der Waals surface area contributed by atoms with Gasteiger partial charge < -0.3 is 15.0 Å². The number of nitriles is 1. The van der Waals surface area contributed by atoms with Crippen LogP contribution in [0.2, 0.25) is 0 Å². The van der Waals surface area contributed by atoms with Gasteiger partial charge in [-0.2, -0.15) is 5.26 Å². The monoisotopic (exact) mass is 433 g/mol. The van der Waals surface area contributed by atoms with Gasteiger partial charge in [-0.25, -0.2) is 0 Å². The third kappa shape index (κ3) is 4.88. The zero-order valence-corrected chi connectivity index (χ0v) is 18.5. The third-order valence-electron chi connectivity index (χ3n) is 5.92. The van der Waals surface area contributed by atoms with E-state index in [2.05, 4.69) is 12.2 Å².